The molecule has 0 aromatic carbocycles. The van der Waals surface area contributed by atoms with Crippen LogP contribution in [0.2, 0.25) is 0 Å². The van der Waals surface area contributed by atoms with Gasteiger partial charge in [0.05, 0.1) is 18.0 Å². The highest BCUT2D eigenvalue weighted by molar-refractivity contribution is 5.10. The fourth-order valence-corrected chi connectivity index (χ4v) is 2.57. The third-order valence-corrected chi connectivity index (χ3v) is 3.55. The van der Waals surface area contributed by atoms with E-state index in [0.29, 0.717) is 6.61 Å². The van der Waals surface area contributed by atoms with Gasteiger partial charge < -0.3 is 10.1 Å². The van der Waals surface area contributed by atoms with E-state index in [2.05, 4.69) is 16.4 Å². The largest absolute Gasteiger partial charge is 0.375 e. The molecule has 0 spiro atoms. The van der Waals surface area contributed by atoms with E-state index in [4.69, 9.17) is 4.74 Å². The van der Waals surface area contributed by atoms with E-state index in [1.165, 1.54) is 32.1 Å². The zero-order valence-electron chi connectivity index (χ0n) is 11.3. The molecular weight excluding hydrogens is 224 g/mol. The number of hydrogen-bond acceptors (Lipinski definition) is 3. The molecule has 1 heterocycles. The van der Waals surface area contributed by atoms with Gasteiger partial charge in [-0.25, -0.2) is 0 Å². The minimum atomic E-state index is 0.647. The normalized spacial score (nSPS) is 16.9. The lowest BCUT2D eigenvalue weighted by Gasteiger charge is -2.21. The van der Waals surface area contributed by atoms with Crippen molar-refractivity contribution in [2.24, 2.45) is 5.92 Å². The average Bonchev–Trinajstić information content (AvgIpc) is 2.41. The zero-order chi connectivity index (χ0) is 12.6. The molecule has 1 fully saturated rings. The third kappa shape index (κ3) is 4.39. The Bertz CT molecular complexity index is 348. The highest BCUT2D eigenvalue weighted by Gasteiger charge is 2.13. The van der Waals surface area contributed by atoms with E-state index in [0.717, 1.165) is 30.5 Å². The molecule has 0 radical (unpaired) electrons. The van der Waals surface area contributed by atoms with Gasteiger partial charge in [0.1, 0.15) is 0 Å². The second kappa shape index (κ2) is 7.49. The summed E-state index contributed by atoms with van der Waals surface area (Å²) in [5, 5.41) is 3.12. The Morgan fingerprint density at radius 3 is 2.78 bits per heavy atom. The van der Waals surface area contributed by atoms with Crippen molar-refractivity contribution in [3.8, 4) is 0 Å². The van der Waals surface area contributed by atoms with Crippen LogP contribution in [-0.2, 0) is 17.9 Å². The van der Waals surface area contributed by atoms with Gasteiger partial charge in [-0.05, 0) is 37.9 Å². The van der Waals surface area contributed by atoms with E-state index in [-0.39, 0.29) is 0 Å². The lowest BCUT2D eigenvalue weighted by atomic mass is 9.90. The fourth-order valence-electron chi connectivity index (χ4n) is 2.57. The summed E-state index contributed by atoms with van der Waals surface area (Å²) in [6.45, 7) is 2.36. The molecule has 1 saturated carbocycles. The van der Waals surface area contributed by atoms with Crippen LogP contribution in [0.5, 0.6) is 0 Å². The van der Waals surface area contributed by atoms with Crippen molar-refractivity contribution in [2.75, 3.05) is 13.7 Å². The van der Waals surface area contributed by atoms with E-state index in [1.807, 2.05) is 19.2 Å². The molecule has 0 unspecified atom stereocenters. The summed E-state index contributed by atoms with van der Waals surface area (Å²) in [6.07, 6.45) is 6.85. The van der Waals surface area contributed by atoms with Crippen molar-refractivity contribution < 1.29 is 4.74 Å². The summed E-state index contributed by atoms with van der Waals surface area (Å²) in [7, 11) is 1.94. The molecule has 100 valence electrons. The van der Waals surface area contributed by atoms with Gasteiger partial charge in [-0.1, -0.05) is 25.3 Å². The summed E-state index contributed by atoms with van der Waals surface area (Å²) in [4.78, 5) is 4.56. The van der Waals surface area contributed by atoms with Crippen molar-refractivity contribution in [3.05, 3.63) is 29.6 Å². The van der Waals surface area contributed by atoms with Crippen molar-refractivity contribution >= 4 is 0 Å². The van der Waals surface area contributed by atoms with Gasteiger partial charge in [0.25, 0.3) is 0 Å². The summed E-state index contributed by atoms with van der Waals surface area (Å²) in [5.74, 6) is 0.777. The Labute approximate surface area is 110 Å². The molecule has 3 nitrogen and oxygen atoms in total. The smallest absolute Gasteiger partial charge is 0.0888 e. The molecule has 1 aliphatic carbocycles. The Morgan fingerprint density at radius 2 is 2.00 bits per heavy atom. The molecule has 0 atom stereocenters. The number of nitrogens with one attached hydrogen (secondary N) is 1. The molecule has 18 heavy (non-hydrogen) atoms. The Kier molecular flexibility index (Phi) is 5.62. The van der Waals surface area contributed by atoms with Crippen molar-refractivity contribution in [3.63, 3.8) is 0 Å². The van der Waals surface area contributed by atoms with Crippen LogP contribution in [0.3, 0.4) is 0 Å². The van der Waals surface area contributed by atoms with Crippen LogP contribution in [0.1, 0.15) is 43.5 Å². The second-order valence-electron chi connectivity index (χ2n) is 5.17. The lowest BCUT2D eigenvalue weighted by Crippen LogP contribution is -2.14. The number of pyridine rings is 1. The predicted octanol–water partition coefficient (Wildman–Crippen LogP) is 2.90. The third-order valence-electron chi connectivity index (χ3n) is 3.55. The van der Waals surface area contributed by atoms with Crippen molar-refractivity contribution in [2.45, 2.75) is 45.3 Å². The van der Waals surface area contributed by atoms with Crippen LogP contribution >= 0.6 is 0 Å². The summed E-state index contributed by atoms with van der Waals surface area (Å²) in [6, 6.07) is 6.14. The molecule has 1 N–H and O–H groups in total. The first-order chi connectivity index (χ1) is 8.88. The van der Waals surface area contributed by atoms with E-state index >= 15 is 0 Å². The Balaban J connectivity index is 1.73. The average molecular weight is 248 g/mol. The van der Waals surface area contributed by atoms with Gasteiger partial charge in [0.2, 0.25) is 0 Å². The van der Waals surface area contributed by atoms with Crippen LogP contribution in [0.15, 0.2) is 18.2 Å². The van der Waals surface area contributed by atoms with E-state index in [1.54, 1.807) is 0 Å². The molecule has 0 aliphatic heterocycles. The topological polar surface area (TPSA) is 34.1 Å². The van der Waals surface area contributed by atoms with Gasteiger partial charge in [-0.15, -0.1) is 0 Å². The van der Waals surface area contributed by atoms with Gasteiger partial charge in [0.15, 0.2) is 0 Å². The predicted molar refractivity (Wildman–Crippen MR) is 73.2 cm³/mol. The van der Waals surface area contributed by atoms with Gasteiger partial charge in [-0.3, -0.25) is 4.98 Å². The molecule has 0 saturated heterocycles. The highest BCUT2D eigenvalue weighted by atomic mass is 16.5. The highest BCUT2D eigenvalue weighted by Crippen LogP contribution is 2.23. The fraction of sp³-hybridized carbons (Fsp3) is 0.667. The van der Waals surface area contributed by atoms with Crippen LogP contribution < -0.4 is 5.32 Å². The molecule has 2 rings (SSSR count). The number of hydrogen-bond donors (Lipinski definition) is 1. The minimum absolute atomic E-state index is 0.647. The Hall–Kier alpha value is -0.930. The first-order valence-electron chi connectivity index (χ1n) is 7.05. The van der Waals surface area contributed by atoms with Crippen LogP contribution in [0.4, 0.5) is 0 Å². The summed E-state index contributed by atoms with van der Waals surface area (Å²) in [5.41, 5.74) is 2.12. The standard InChI is InChI=1S/C15H24N2O/c1-16-10-14-8-5-9-15(17-14)12-18-11-13-6-3-2-4-7-13/h5,8-9,13,16H,2-4,6-7,10-12H2,1H3. The summed E-state index contributed by atoms with van der Waals surface area (Å²) >= 11 is 0. The number of rotatable bonds is 6. The quantitative estimate of drug-likeness (QED) is 0.840. The Morgan fingerprint density at radius 1 is 1.22 bits per heavy atom. The van der Waals surface area contributed by atoms with E-state index < -0.39 is 0 Å². The molecule has 1 aromatic heterocycles. The number of nitrogens with zero attached hydrogens (tertiary/aromatic N) is 1. The van der Waals surface area contributed by atoms with Gasteiger partial charge in [-0.2, -0.15) is 0 Å². The molecule has 0 amide bonds. The molecule has 1 aliphatic rings. The SMILES string of the molecule is CNCc1cccc(COCC2CCCCC2)n1. The monoisotopic (exact) mass is 248 g/mol. The maximum atomic E-state index is 5.81. The van der Waals surface area contributed by atoms with E-state index in [9.17, 15) is 0 Å². The van der Waals surface area contributed by atoms with Crippen molar-refractivity contribution in [1.29, 1.82) is 0 Å². The maximum Gasteiger partial charge on any atom is 0.0888 e. The maximum absolute atomic E-state index is 5.81. The van der Waals surface area contributed by atoms with Crippen LogP contribution in [0.25, 0.3) is 0 Å². The molecule has 3 heteroatoms. The molecular formula is C15H24N2O. The first-order valence-corrected chi connectivity index (χ1v) is 7.05. The number of aromatic nitrogens is 1. The minimum Gasteiger partial charge on any atom is -0.375 e. The summed E-state index contributed by atoms with van der Waals surface area (Å²) < 4.78 is 5.81. The van der Waals surface area contributed by atoms with Gasteiger partial charge in [0, 0.05) is 13.2 Å². The van der Waals surface area contributed by atoms with Crippen molar-refractivity contribution in [1.82, 2.24) is 10.3 Å². The van der Waals surface area contributed by atoms with Crippen LogP contribution in [-0.4, -0.2) is 18.6 Å². The lowest BCUT2D eigenvalue weighted by molar-refractivity contribution is 0.0719. The first kappa shape index (κ1) is 13.5. The van der Waals surface area contributed by atoms with Gasteiger partial charge >= 0.3 is 0 Å². The number of ether oxygens (including phenoxy) is 1. The second-order valence-corrected chi connectivity index (χ2v) is 5.17. The van der Waals surface area contributed by atoms with Crippen LogP contribution in [0, 0.1) is 5.92 Å². The zero-order valence-corrected chi connectivity index (χ0v) is 11.3. The molecule has 1 aromatic rings. The molecule has 0 bridgehead atoms.